The van der Waals surface area contributed by atoms with Gasteiger partial charge in [0.05, 0.1) is 28.1 Å². The van der Waals surface area contributed by atoms with Crippen LogP contribution in [0.15, 0.2) is 4.47 Å². The van der Waals surface area contributed by atoms with Crippen molar-refractivity contribution in [1.82, 2.24) is 24.8 Å². The predicted molar refractivity (Wildman–Crippen MR) is 87.2 cm³/mol. The second kappa shape index (κ2) is 5.79. The molecule has 0 radical (unpaired) electrons. The van der Waals surface area contributed by atoms with Gasteiger partial charge in [-0.15, -0.1) is 5.10 Å². The van der Waals surface area contributed by atoms with E-state index >= 15 is 0 Å². The quantitative estimate of drug-likeness (QED) is 0.915. The van der Waals surface area contributed by atoms with Crippen LogP contribution in [0, 0.1) is 0 Å². The Morgan fingerprint density at radius 2 is 1.86 bits per heavy atom. The molecule has 0 aliphatic rings. The number of hydrogen-bond acceptors (Lipinski definition) is 4. The molecule has 2 aromatic rings. The van der Waals surface area contributed by atoms with Crippen molar-refractivity contribution in [2.45, 2.75) is 59.5 Å². The third kappa shape index (κ3) is 2.97. The summed E-state index contributed by atoms with van der Waals surface area (Å²) >= 11 is 3.67. The van der Waals surface area contributed by atoms with Crippen molar-refractivity contribution in [3.8, 4) is 0 Å². The molecule has 0 atom stereocenters. The molecule has 0 fully saturated rings. The Kier molecular flexibility index (Phi) is 4.41. The number of anilines is 1. The molecular formula is C14H23BrN6. The summed E-state index contributed by atoms with van der Waals surface area (Å²) in [7, 11) is 0. The van der Waals surface area contributed by atoms with E-state index in [2.05, 4.69) is 66.0 Å². The number of hydrogen-bond donors (Lipinski definition) is 1. The molecule has 0 aliphatic heterocycles. The Labute approximate surface area is 133 Å². The fourth-order valence-corrected chi connectivity index (χ4v) is 3.21. The minimum atomic E-state index is -0.106. The Bertz CT molecular complexity index is 635. The fraction of sp³-hybridized carbons (Fsp3) is 0.643. The highest BCUT2D eigenvalue weighted by atomic mass is 79.9. The lowest BCUT2D eigenvalue weighted by Gasteiger charge is -2.20. The summed E-state index contributed by atoms with van der Waals surface area (Å²) in [5.74, 6) is 0.497. The van der Waals surface area contributed by atoms with Crippen molar-refractivity contribution in [2.24, 2.45) is 0 Å². The highest BCUT2D eigenvalue weighted by molar-refractivity contribution is 9.10. The predicted octanol–water partition coefficient (Wildman–Crippen LogP) is 2.75. The number of aromatic nitrogens is 5. The van der Waals surface area contributed by atoms with E-state index in [1.165, 1.54) is 0 Å². The molecule has 2 aromatic heterocycles. The summed E-state index contributed by atoms with van der Waals surface area (Å²) < 4.78 is 4.94. The molecule has 0 saturated heterocycles. The van der Waals surface area contributed by atoms with Crippen molar-refractivity contribution < 1.29 is 0 Å². The minimum absolute atomic E-state index is 0.106. The van der Waals surface area contributed by atoms with Crippen LogP contribution in [-0.2, 0) is 24.9 Å². The zero-order chi connectivity index (χ0) is 15.8. The number of nitrogens with two attached hydrogens (primary N) is 1. The van der Waals surface area contributed by atoms with Gasteiger partial charge in [-0.3, -0.25) is 4.68 Å². The SMILES string of the molecule is CCc1nn(CC)c(Cn2nnc(N)c2C(C)(C)C)c1Br. The zero-order valence-corrected chi connectivity index (χ0v) is 14.9. The lowest BCUT2D eigenvalue weighted by atomic mass is 9.92. The summed E-state index contributed by atoms with van der Waals surface area (Å²) in [6, 6.07) is 0. The van der Waals surface area contributed by atoms with Gasteiger partial charge in [-0.1, -0.05) is 32.9 Å². The van der Waals surface area contributed by atoms with Crippen molar-refractivity contribution in [1.29, 1.82) is 0 Å². The molecule has 0 saturated carbocycles. The van der Waals surface area contributed by atoms with Crippen LogP contribution in [0.25, 0.3) is 0 Å². The Hall–Kier alpha value is -1.37. The first kappa shape index (κ1) is 16.0. The van der Waals surface area contributed by atoms with Crippen molar-refractivity contribution in [3.05, 3.63) is 21.6 Å². The van der Waals surface area contributed by atoms with Gasteiger partial charge >= 0.3 is 0 Å². The molecule has 116 valence electrons. The van der Waals surface area contributed by atoms with Crippen molar-refractivity contribution in [3.63, 3.8) is 0 Å². The molecule has 0 spiro atoms. The standard InChI is InChI=1S/C14H23BrN6/c1-6-9-11(15)10(20(7-2)18-9)8-21-12(14(3,4)5)13(16)17-19-21/h6-8,16H2,1-5H3. The largest absolute Gasteiger partial charge is 0.381 e. The summed E-state index contributed by atoms with van der Waals surface area (Å²) in [6.07, 6.45) is 0.895. The van der Waals surface area contributed by atoms with Crippen molar-refractivity contribution in [2.75, 3.05) is 5.73 Å². The number of nitrogens with zero attached hydrogens (tertiary/aromatic N) is 5. The van der Waals surface area contributed by atoms with E-state index in [1.54, 1.807) is 0 Å². The van der Waals surface area contributed by atoms with Crippen molar-refractivity contribution >= 4 is 21.7 Å². The monoisotopic (exact) mass is 354 g/mol. The van der Waals surface area contributed by atoms with E-state index in [4.69, 9.17) is 5.73 Å². The van der Waals surface area contributed by atoms with Crippen LogP contribution in [0.1, 0.15) is 51.7 Å². The molecule has 0 unspecified atom stereocenters. The molecule has 0 aliphatic carbocycles. The van der Waals surface area contributed by atoms with Crippen LogP contribution in [0.2, 0.25) is 0 Å². The molecule has 7 heteroatoms. The molecule has 0 aromatic carbocycles. The average molecular weight is 355 g/mol. The van der Waals surface area contributed by atoms with Crippen LogP contribution in [-0.4, -0.2) is 24.8 Å². The summed E-state index contributed by atoms with van der Waals surface area (Å²) in [6.45, 7) is 12.0. The lowest BCUT2D eigenvalue weighted by molar-refractivity contribution is 0.486. The maximum Gasteiger partial charge on any atom is 0.169 e. The molecule has 6 nitrogen and oxygen atoms in total. The first-order valence-electron chi connectivity index (χ1n) is 7.23. The zero-order valence-electron chi connectivity index (χ0n) is 13.3. The minimum Gasteiger partial charge on any atom is -0.381 e. The Morgan fingerprint density at radius 1 is 1.19 bits per heavy atom. The van der Waals surface area contributed by atoms with Crippen LogP contribution in [0.3, 0.4) is 0 Å². The number of nitrogen functional groups attached to an aromatic ring is 1. The Morgan fingerprint density at radius 3 is 2.38 bits per heavy atom. The summed E-state index contributed by atoms with van der Waals surface area (Å²) in [5.41, 5.74) is 9.01. The van der Waals surface area contributed by atoms with E-state index in [-0.39, 0.29) is 5.41 Å². The van der Waals surface area contributed by atoms with E-state index in [1.807, 2.05) is 9.36 Å². The van der Waals surface area contributed by atoms with Gasteiger partial charge in [-0.25, -0.2) is 4.68 Å². The third-order valence-corrected chi connectivity index (χ3v) is 4.38. The van der Waals surface area contributed by atoms with Gasteiger partial charge < -0.3 is 5.73 Å². The molecule has 2 heterocycles. The highest BCUT2D eigenvalue weighted by Gasteiger charge is 2.25. The van der Waals surface area contributed by atoms with E-state index < -0.39 is 0 Å². The maximum atomic E-state index is 5.99. The smallest absolute Gasteiger partial charge is 0.169 e. The molecule has 2 N–H and O–H groups in total. The molecule has 21 heavy (non-hydrogen) atoms. The maximum absolute atomic E-state index is 5.99. The van der Waals surface area contributed by atoms with Gasteiger partial charge in [0.2, 0.25) is 0 Å². The van der Waals surface area contributed by atoms with Crippen LogP contribution >= 0.6 is 15.9 Å². The number of halogens is 1. The van der Waals surface area contributed by atoms with Gasteiger partial charge in [0.25, 0.3) is 0 Å². The second-order valence-corrected chi connectivity index (χ2v) is 6.90. The second-order valence-electron chi connectivity index (χ2n) is 6.11. The molecular weight excluding hydrogens is 332 g/mol. The molecule has 2 rings (SSSR count). The van der Waals surface area contributed by atoms with Gasteiger partial charge in [-0.2, -0.15) is 5.10 Å². The normalized spacial score (nSPS) is 12.1. The van der Waals surface area contributed by atoms with Gasteiger partial charge in [-0.05, 0) is 29.3 Å². The van der Waals surface area contributed by atoms with Crippen LogP contribution < -0.4 is 5.73 Å². The number of rotatable bonds is 4. The Balaban J connectivity index is 2.47. The van der Waals surface area contributed by atoms with E-state index in [9.17, 15) is 0 Å². The first-order chi connectivity index (χ1) is 9.79. The lowest BCUT2D eigenvalue weighted by Crippen LogP contribution is -2.21. The highest BCUT2D eigenvalue weighted by Crippen LogP contribution is 2.28. The molecule has 0 bridgehead atoms. The van der Waals surface area contributed by atoms with E-state index in [0.717, 1.165) is 34.5 Å². The summed E-state index contributed by atoms with van der Waals surface area (Å²) in [4.78, 5) is 0. The summed E-state index contributed by atoms with van der Waals surface area (Å²) in [5, 5.41) is 12.9. The fourth-order valence-electron chi connectivity index (χ4n) is 2.52. The van der Waals surface area contributed by atoms with E-state index in [0.29, 0.717) is 12.4 Å². The van der Waals surface area contributed by atoms with Crippen LogP contribution in [0.5, 0.6) is 0 Å². The number of aryl methyl sites for hydroxylation is 2. The average Bonchev–Trinajstić information content (AvgIpc) is 2.91. The van der Waals surface area contributed by atoms with Gasteiger partial charge in [0.1, 0.15) is 0 Å². The van der Waals surface area contributed by atoms with Gasteiger partial charge in [0.15, 0.2) is 5.82 Å². The van der Waals surface area contributed by atoms with Crippen LogP contribution in [0.4, 0.5) is 5.82 Å². The topological polar surface area (TPSA) is 74.5 Å². The first-order valence-corrected chi connectivity index (χ1v) is 8.02. The van der Waals surface area contributed by atoms with Gasteiger partial charge in [0, 0.05) is 12.0 Å². The third-order valence-electron chi connectivity index (χ3n) is 3.47. The molecule has 0 amide bonds.